The first-order valence-electron chi connectivity index (χ1n) is 8.62. The van der Waals surface area contributed by atoms with Crippen molar-refractivity contribution in [2.45, 2.75) is 44.1 Å². The van der Waals surface area contributed by atoms with Crippen molar-refractivity contribution in [1.82, 2.24) is 10.1 Å². The van der Waals surface area contributed by atoms with Crippen LogP contribution < -0.4 is 4.90 Å². The number of carbonyl (C=O) groups excluding carboxylic acids is 2. The van der Waals surface area contributed by atoms with Crippen LogP contribution in [0.4, 0.5) is 5.69 Å². The molecule has 3 rings (SSSR count). The number of rotatable bonds is 7. The Labute approximate surface area is 156 Å². The summed E-state index contributed by atoms with van der Waals surface area (Å²) in [6, 6.07) is 7.69. The van der Waals surface area contributed by atoms with Gasteiger partial charge in [0.1, 0.15) is 0 Å². The zero-order valence-corrected chi connectivity index (χ0v) is 15.6. The lowest BCUT2D eigenvalue weighted by molar-refractivity contribution is -0.149. The van der Waals surface area contributed by atoms with Crippen molar-refractivity contribution in [2.75, 3.05) is 17.2 Å². The van der Waals surface area contributed by atoms with E-state index in [0.717, 1.165) is 23.4 Å². The summed E-state index contributed by atoms with van der Waals surface area (Å²) < 4.78 is 10.5. The maximum Gasteiger partial charge on any atom is 0.308 e. The normalized spacial score (nSPS) is 14.8. The Balaban J connectivity index is 1.56. The minimum atomic E-state index is -0.611. The van der Waals surface area contributed by atoms with Gasteiger partial charge in [0.05, 0.1) is 17.9 Å². The molecule has 1 amide bonds. The van der Waals surface area contributed by atoms with Gasteiger partial charge in [-0.1, -0.05) is 24.2 Å². The van der Waals surface area contributed by atoms with Gasteiger partial charge < -0.3 is 14.2 Å². The van der Waals surface area contributed by atoms with Crippen LogP contribution >= 0.6 is 11.8 Å². The summed E-state index contributed by atoms with van der Waals surface area (Å²) >= 11 is 1.51. The molecule has 0 aliphatic carbocycles. The number of anilines is 1. The van der Waals surface area contributed by atoms with Crippen molar-refractivity contribution < 1.29 is 18.8 Å². The average Bonchev–Trinajstić information content (AvgIpc) is 3.10. The van der Waals surface area contributed by atoms with E-state index in [1.54, 1.807) is 11.8 Å². The summed E-state index contributed by atoms with van der Waals surface area (Å²) in [5, 5.41) is 3.86. The number of hydrogen-bond acceptors (Lipinski definition) is 7. The fraction of sp³-hybridized carbons (Fsp3) is 0.444. The quantitative estimate of drug-likeness (QED) is 0.687. The molecule has 1 aromatic heterocycles. The molecule has 0 radical (unpaired) electrons. The Morgan fingerprint density at radius 2 is 2.23 bits per heavy atom. The fourth-order valence-electron chi connectivity index (χ4n) is 2.67. The molecule has 1 aromatic carbocycles. The van der Waals surface area contributed by atoms with E-state index in [1.807, 2.05) is 31.2 Å². The maximum atomic E-state index is 12.2. The van der Waals surface area contributed by atoms with E-state index in [-0.39, 0.29) is 24.8 Å². The van der Waals surface area contributed by atoms with Crippen LogP contribution in [-0.2, 0) is 20.7 Å². The number of aromatic nitrogens is 2. The standard InChI is InChI=1S/C18H21N3O4S/c1-3-6-15-19-18(25-20-15)12(2)24-17(23)9-10-21-13-7-4-5-8-14(13)26-11-16(21)22/h4-5,7-8,12H,3,6,9-11H2,1-2H3/t12-/m0/s1. The predicted molar refractivity (Wildman–Crippen MR) is 96.9 cm³/mol. The predicted octanol–water partition coefficient (Wildman–Crippen LogP) is 3.16. The summed E-state index contributed by atoms with van der Waals surface area (Å²) in [5.41, 5.74) is 0.843. The van der Waals surface area contributed by atoms with Crippen LogP contribution in [0.5, 0.6) is 0 Å². The molecule has 0 saturated heterocycles. The average molecular weight is 375 g/mol. The van der Waals surface area contributed by atoms with Crippen molar-refractivity contribution in [3.63, 3.8) is 0 Å². The number of para-hydroxylation sites is 1. The molecule has 0 spiro atoms. The number of nitrogens with zero attached hydrogens (tertiary/aromatic N) is 3. The Hall–Kier alpha value is -2.35. The molecule has 1 atom stereocenters. The number of aryl methyl sites for hydroxylation is 1. The number of fused-ring (bicyclic) bond motifs is 1. The number of carbonyl (C=O) groups is 2. The second kappa shape index (κ2) is 8.35. The SMILES string of the molecule is CCCc1noc([C@H](C)OC(=O)CCN2C(=O)CSc3ccccc32)n1. The second-order valence-corrected chi connectivity index (χ2v) is 7.00. The van der Waals surface area contributed by atoms with Crippen molar-refractivity contribution in [2.24, 2.45) is 0 Å². The van der Waals surface area contributed by atoms with E-state index in [1.165, 1.54) is 11.8 Å². The van der Waals surface area contributed by atoms with E-state index in [0.29, 0.717) is 11.6 Å². The van der Waals surface area contributed by atoms with Gasteiger partial charge in [0.15, 0.2) is 11.9 Å². The van der Waals surface area contributed by atoms with Gasteiger partial charge in [-0.2, -0.15) is 4.98 Å². The molecule has 0 bridgehead atoms. The zero-order chi connectivity index (χ0) is 18.5. The first-order valence-corrected chi connectivity index (χ1v) is 9.61. The van der Waals surface area contributed by atoms with Crippen LogP contribution in [0.2, 0.25) is 0 Å². The highest BCUT2D eigenvalue weighted by molar-refractivity contribution is 8.00. The third-order valence-corrected chi connectivity index (χ3v) is 5.01. The van der Waals surface area contributed by atoms with Gasteiger partial charge in [-0.15, -0.1) is 11.8 Å². The molecule has 0 N–H and O–H groups in total. The summed E-state index contributed by atoms with van der Waals surface area (Å²) in [6.07, 6.45) is 1.13. The van der Waals surface area contributed by atoms with Gasteiger partial charge in [0, 0.05) is 17.9 Å². The number of amides is 1. The van der Waals surface area contributed by atoms with Gasteiger partial charge in [-0.05, 0) is 25.5 Å². The van der Waals surface area contributed by atoms with E-state index < -0.39 is 12.1 Å². The highest BCUT2D eigenvalue weighted by Crippen LogP contribution is 2.34. The molecule has 2 aromatic rings. The van der Waals surface area contributed by atoms with Crippen LogP contribution in [0, 0.1) is 0 Å². The van der Waals surface area contributed by atoms with Crippen molar-refractivity contribution >= 4 is 29.3 Å². The molecule has 26 heavy (non-hydrogen) atoms. The molecule has 0 unspecified atom stereocenters. The van der Waals surface area contributed by atoms with Crippen LogP contribution in [0.1, 0.15) is 44.5 Å². The van der Waals surface area contributed by atoms with E-state index in [9.17, 15) is 9.59 Å². The van der Waals surface area contributed by atoms with Crippen LogP contribution in [0.25, 0.3) is 0 Å². The largest absolute Gasteiger partial charge is 0.452 e. The molecule has 0 fully saturated rings. The molecule has 2 heterocycles. The zero-order valence-electron chi connectivity index (χ0n) is 14.8. The van der Waals surface area contributed by atoms with Gasteiger partial charge in [0.2, 0.25) is 5.91 Å². The summed E-state index contributed by atoms with van der Waals surface area (Å²) in [4.78, 5) is 31.3. The van der Waals surface area contributed by atoms with Crippen molar-refractivity contribution in [1.29, 1.82) is 0 Å². The van der Waals surface area contributed by atoms with E-state index in [4.69, 9.17) is 9.26 Å². The number of ether oxygens (including phenoxy) is 1. The number of thioether (sulfide) groups is 1. The Bertz CT molecular complexity index is 792. The maximum absolute atomic E-state index is 12.2. The van der Waals surface area contributed by atoms with Crippen molar-refractivity contribution in [3.05, 3.63) is 36.0 Å². The molecule has 1 aliphatic heterocycles. The van der Waals surface area contributed by atoms with Crippen LogP contribution in [0.15, 0.2) is 33.7 Å². The number of hydrogen-bond donors (Lipinski definition) is 0. The number of benzene rings is 1. The molecular weight excluding hydrogens is 354 g/mol. The number of esters is 1. The van der Waals surface area contributed by atoms with Crippen molar-refractivity contribution in [3.8, 4) is 0 Å². The molecule has 1 aliphatic rings. The summed E-state index contributed by atoms with van der Waals surface area (Å²) in [6.45, 7) is 4.00. The lowest BCUT2D eigenvalue weighted by Crippen LogP contribution is -2.37. The van der Waals surface area contributed by atoms with E-state index >= 15 is 0 Å². The lowest BCUT2D eigenvalue weighted by Gasteiger charge is -2.28. The summed E-state index contributed by atoms with van der Waals surface area (Å²) in [7, 11) is 0. The highest BCUT2D eigenvalue weighted by atomic mass is 32.2. The minimum Gasteiger partial charge on any atom is -0.452 e. The second-order valence-electron chi connectivity index (χ2n) is 5.98. The summed E-state index contributed by atoms with van der Waals surface area (Å²) in [5.74, 6) is 0.868. The highest BCUT2D eigenvalue weighted by Gasteiger charge is 2.25. The third-order valence-electron chi connectivity index (χ3n) is 3.96. The van der Waals surface area contributed by atoms with Gasteiger partial charge in [-0.25, -0.2) is 0 Å². The first-order chi connectivity index (χ1) is 12.6. The minimum absolute atomic E-state index is 0.00402. The van der Waals surface area contributed by atoms with Crippen LogP contribution in [0.3, 0.4) is 0 Å². The Kier molecular flexibility index (Phi) is 5.92. The lowest BCUT2D eigenvalue weighted by atomic mass is 10.2. The van der Waals surface area contributed by atoms with Gasteiger partial charge in [-0.3, -0.25) is 9.59 Å². The van der Waals surface area contributed by atoms with Gasteiger partial charge in [0.25, 0.3) is 5.89 Å². The molecule has 138 valence electrons. The topological polar surface area (TPSA) is 85.5 Å². The Morgan fingerprint density at radius 3 is 3.04 bits per heavy atom. The van der Waals surface area contributed by atoms with E-state index in [2.05, 4.69) is 10.1 Å². The molecule has 0 saturated carbocycles. The fourth-order valence-corrected chi connectivity index (χ4v) is 3.60. The molecule has 8 heteroatoms. The van der Waals surface area contributed by atoms with Gasteiger partial charge >= 0.3 is 5.97 Å². The third kappa shape index (κ3) is 4.24. The molecular formula is C18H21N3O4S. The Morgan fingerprint density at radius 1 is 1.42 bits per heavy atom. The smallest absolute Gasteiger partial charge is 0.308 e. The monoisotopic (exact) mass is 375 g/mol. The first kappa shape index (κ1) is 18.4. The van der Waals surface area contributed by atoms with Crippen LogP contribution in [-0.4, -0.2) is 34.3 Å². The molecule has 7 nitrogen and oxygen atoms in total.